The van der Waals surface area contributed by atoms with Crippen LogP contribution in [0.4, 0.5) is 5.82 Å². The Balaban J connectivity index is 2.43. The second-order valence-electron chi connectivity index (χ2n) is 4.07. The van der Waals surface area contributed by atoms with Gasteiger partial charge in [0.15, 0.2) is 0 Å². The summed E-state index contributed by atoms with van der Waals surface area (Å²) in [6, 6.07) is 6.80. The number of nitrogens with one attached hydrogen (secondary N) is 1. The topological polar surface area (TPSA) is 90.1 Å². The average molecular weight is 272 g/mol. The standard InChI is InChI=1S/C14H16N4O2/c1-3-9-13(16-2)17-8-18-14(9)20-11-7-5-4-6-10(11)12(15)19/h4-8H,3H2,1-2H3,(H2,15,19)(H,16,17,18). The molecule has 0 unspecified atom stereocenters. The maximum atomic E-state index is 11.4. The monoisotopic (exact) mass is 272 g/mol. The molecule has 0 fully saturated rings. The highest BCUT2D eigenvalue weighted by molar-refractivity contribution is 5.95. The van der Waals surface area contributed by atoms with Crippen molar-refractivity contribution in [2.75, 3.05) is 12.4 Å². The van der Waals surface area contributed by atoms with Crippen LogP contribution in [-0.4, -0.2) is 22.9 Å². The van der Waals surface area contributed by atoms with Gasteiger partial charge >= 0.3 is 0 Å². The van der Waals surface area contributed by atoms with Crippen LogP contribution < -0.4 is 15.8 Å². The van der Waals surface area contributed by atoms with E-state index in [1.807, 2.05) is 6.92 Å². The van der Waals surface area contributed by atoms with Gasteiger partial charge in [-0.25, -0.2) is 9.97 Å². The minimum absolute atomic E-state index is 0.319. The molecular formula is C14H16N4O2. The zero-order chi connectivity index (χ0) is 14.5. The van der Waals surface area contributed by atoms with Crippen molar-refractivity contribution < 1.29 is 9.53 Å². The van der Waals surface area contributed by atoms with E-state index in [0.717, 1.165) is 5.56 Å². The third kappa shape index (κ3) is 2.69. The number of para-hydroxylation sites is 1. The first-order chi connectivity index (χ1) is 9.67. The van der Waals surface area contributed by atoms with E-state index >= 15 is 0 Å². The fourth-order valence-corrected chi connectivity index (χ4v) is 1.88. The average Bonchev–Trinajstić information content (AvgIpc) is 2.47. The van der Waals surface area contributed by atoms with Crippen LogP contribution in [0.3, 0.4) is 0 Å². The van der Waals surface area contributed by atoms with E-state index in [-0.39, 0.29) is 0 Å². The lowest BCUT2D eigenvalue weighted by atomic mass is 10.2. The summed E-state index contributed by atoms with van der Waals surface area (Å²) in [6.07, 6.45) is 2.11. The Morgan fingerprint density at radius 2 is 2.10 bits per heavy atom. The number of nitrogens with two attached hydrogens (primary N) is 1. The van der Waals surface area contributed by atoms with Crippen molar-refractivity contribution in [3.63, 3.8) is 0 Å². The van der Waals surface area contributed by atoms with Gasteiger partial charge in [0, 0.05) is 7.05 Å². The van der Waals surface area contributed by atoms with Crippen LogP contribution in [0.25, 0.3) is 0 Å². The van der Waals surface area contributed by atoms with Crippen molar-refractivity contribution >= 4 is 11.7 Å². The molecule has 0 aliphatic rings. The summed E-state index contributed by atoms with van der Waals surface area (Å²) in [5, 5.41) is 2.99. The summed E-state index contributed by atoms with van der Waals surface area (Å²) in [5.41, 5.74) is 6.49. The van der Waals surface area contributed by atoms with Gasteiger partial charge in [-0.1, -0.05) is 19.1 Å². The Morgan fingerprint density at radius 1 is 1.35 bits per heavy atom. The molecule has 0 saturated heterocycles. The first-order valence-corrected chi connectivity index (χ1v) is 6.25. The van der Waals surface area contributed by atoms with Crippen molar-refractivity contribution in [1.29, 1.82) is 0 Å². The fourth-order valence-electron chi connectivity index (χ4n) is 1.88. The third-order valence-electron chi connectivity index (χ3n) is 2.86. The number of nitrogens with zero attached hydrogens (tertiary/aromatic N) is 2. The third-order valence-corrected chi connectivity index (χ3v) is 2.86. The molecule has 0 spiro atoms. The maximum Gasteiger partial charge on any atom is 0.252 e. The van der Waals surface area contributed by atoms with Crippen LogP contribution in [0.2, 0.25) is 0 Å². The van der Waals surface area contributed by atoms with Crippen LogP contribution in [0.15, 0.2) is 30.6 Å². The van der Waals surface area contributed by atoms with Gasteiger partial charge in [-0.15, -0.1) is 0 Å². The normalized spacial score (nSPS) is 10.1. The molecule has 0 aliphatic carbocycles. The lowest BCUT2D eigenvalue weighted by Crippen LogP contribution is -2.12. The number of rotatable bonds is 5. The molecule has 0 atom stereocenters. The molecule has 1 heterocycles. The SMILES string of the molecule is CCc1c(NC)ncnc1Oc1ccccc1C(N)=O. The minimum Gasteiger partial charge on any atom is -0.438 e. The molecule has 2 aromatic rings. The Labute approximate surface area is 117 Å². The van der Waals surface area contributed by atoms with Crippen LogP contribution in [0.5, 0.6) is 11.6 Å². The van der Waals surface area contributed by atoms with Gasteiger partial charge in [0.2, 0.25) is 5.88 Å². The number of anilines is 1. The number of ether oxygens (including phenoxy) is 1. The van der Waals surface area contributed by atoms with E-state index in [2.05, 4.69) is 15.3 Å². The highest BCUT2D eigenvalue weighted by Crippen LogP contribution is 2.29. The van der Waals surface area contributed by atoms with E-state index in [1.165, 1.54) is 6.33 Å². The Hall–Kier alpha value is -2.63. The largest absolute Gasteiger partial charge is 0.438 e. The molecule has 104 valence electrons. The van der Waals surface area contributed by atoms with E-state index in [0.29, 0.717) is 29.4 Å². The predicted octanol–water partition coefficient (Wildman–Crippen LogP) is 1.97. The summed E-state index contributed by atoms with van der Waals surface area (Å²) in [6.45, 7) is 1.98. The molecular weight excluding hydrogens is 256 g/mol. The lowest BCUT2D eigenvalue weighted by Gasteiger charge is -2.13. The first-order valence-electron chi connectivity index (χ1n) is 6.25. The second-order valence-corrected chi connectivity index (χ2v) is 4.07. The van der Waals surface area contributed by atoms with Crippen molar-refractivity contribution in [3.05, 3.63) is 41.7 Å². The number of primary amides is 1. The molecule has 6 heteroatoms. The Morgan fingerprint density at radius 3 is 2.75 bits per heavy atom. The molecule has 6 nitrogen and oxygen atoms in total. The number of benzene rings is 1. The minimum atomic E-state index is -0.540. The van der Waals surface area contributed by atoms with Gasteiger partial charge in [0.1, 0.15) is 17.9 Å². The molecule has 1 amide bonds. The zero-order valence-corrected chi connectivity index (χ0v) is 11.4. The molecule has 0 radical (unpaired) electrons. The molecule has 2 rings (SSSR count). The number of aromatic nitrogens is 2. The number of hydrogen-bond acceptors (Lipinski definition) is 5. The quantitative estimate of drug-likeness (QED) is 0.868. The maximum absolute atomic E-state index is 11.4. The van der Waals surface area contributed by atoms with Gasteiger partial charge in [0.25, 0.3) is 5.91 Å². The van der Waals surface area contributed by atoms with Crippen molar-refractivity contribution in [2.45, 2.75) is 13.3 Å². The van der Waals surface area contributed by atoms with Crippen LogP contribution in [0.1, 0.15) is 22.8 Å². The van der Waals surface area contributed by atoms with Crippen LogP contribution in [-0.2, 0) is 6.42 Å². The smallest absolute Gasteiger partial charge is 0.252 e. The molecule has 1 aromatic heterocycles. The molecule has 3 N–H and O–H groups in total. The van der Waals surface area contributed by atoms with Gasteiger partial charge in [-0.2, -0.15) is 0 Å². The summed E-state index contributed by atoms with van der Waals surface area (Å²) in [7, 11) is 1.78. The van der Waals surface area contributed by atoms with Crippen molar-refractivity contribution in [2.24, 2.45) is 5.73 Å². The lowest BCUT2D eigenvalue weighted by molar-refractivity contribution is 0.0998. The number of amides is 1. The molecule has 1 aromatic carbocycles. The number of carbonyl (C=O) groups is 1. The second kappa shape index (κ2) is 6.01. The van der Waals surface area contributed by atoms with Gasteiger partial charge in [-0.05, 0) is 18.6 Å². The van der Waals surface area contributed by atoms with Gasteiger partial charge < -0.3 is 15.8 Å². The van der Waals surface area contributed by atoms with Crippen molar-refractivity contribution in [3.8, 4) is 11.6 Å². The van der Waals surface area contributed by atoms with E-state index in [1.54, 1.807) is 31.3 Å². The Kier molecular flexibility index (Phi) is 4.14. The van der Waals surface area contributed by atoms with Gasteiger partial charge in [-0.3, -0.25) is 4.79 Å². The number of hydrogen-bond donors (Lipinski definition) is 2. The first kappa shape index (κ1) is 13.8. The molecule has 20 heavy (non-hydrogen) atoms. The highest BCUT2D eigenvalue weighted by atomic mass is 16.5. The summed E-state index contributed by atoms with van der Waals surface area (Å²) < 4.78 is 5.74. The van der Waals surface area contributed by atoms with E-state index < -0.39 is 5.91 Å². The molecule has 0 aliphatic heterocycles. The van der Waals surface area contributed by atoms with Crippen LogP contribution in [0, 0.1) is 0 Å². The van der Waals surface area contributed by atoms with Crippen molar-refractivity contribution in [1.82, 2.24) is 9.97 Å². The molecule has 0 bridgehead atoms. The predicted molar refractivity (Wildman–Crippen MR) is 76.0 cm³/mol. The fraction of sp³-hybridized carbons (Fsp3) is 0.214. The Bertz CT molecular complexity index is 628. The van der Waals surface area contributed by atoms with E-state index in [4.69, 9.17) is 10.5 Å². The highest BCUT2D eigenvalue weighted by Gasteiger charge is 2.14. The summed E-state index contributed by atoms with van der Waals surface area (Å²) >= 11 is 0. The summed E-state index contributed by atoms with van der Waals surface area (Å²) in [4.78, 5) is 19.6. The zero-order valence-electron chi connectivity index (χ0n) is 11.4. The van der Waals surface area contributed by atoms with Crippen LogP contribution >= 0.6 is 0 Å². The molecule has 0 saturated carbocycles. The number of carbonyl (C=O) groups excluding carboxylic acids is 1. The summed E-state index contributed by atoms with van der Waals surface area (Å²) in [5.74, 6) is 0.964. The van der Waals surface area contributed by atoms with E-state index in [9.17, 15) is 4.79 Å². The van der Waals surface area contributed by atoms with Gasteiger partial charge in [0.05, 0.1) is 11.1 Å².